The summed E-state index contributed by atoms with van der Waals surface area (Å²) in [5.74, 6) is 1.60. The van der Waals surface area contributed by atoms with E-state index in [1.54, 1.807) is 39.0 Å². The van der Waals surface area contributed by atoms with Crippen LogP contribution in [0.3, 0.4) is 0 Å². The first kappa shape index (κ1) is 28.5. The molecule has 0 bridgehead atoms. The number of nitrogens with two attached hydrogens (primary N) is 1. The molecule has 0 atom stereocenters. The molecule has 2 aromatic carbocycles. The van der Waals surface area contributed by atoms with Crippen LogP contribution in [0.2, 0.25) is 0 Å². The number of nitrogens with one attached hydrogen (secondary N) is 2. The van der Waals surface area contributed by atoms with Crippen molar-refractivity contribution >= 4 is 57.9 Å². The number of benzene rings is 2. The summed E-state index contributed by atoms with van der Waals surface area (Å²) in [5, 5.41) is 7.36. The van der Waals surface area contributed by atoms with E-state index in [4.69, 9.17) is 15.5 Å². The number of methoxy groups -OCH3 is 1. The van der Waals surface area contributed by atoms with Crippen molar-refractivity contribution in [3.05, 3.63) is 60.6 Å². The number of nitrogens with zero attached hydrogens (tertiary/aromatic N) is 5. The van der Waals surface area contributed by atoms with Gasteiger partial charge in [0.25, 0.3) is 0 Å². The minimum atomic E-state index is -2.75. The quantitative estimate of drug-likeness (QED) is 0.235. The van der Waals surface area contributed by atoms with Crippen molar-refractivity contribution in [2.75, 3.05) is 49.1 Å². The Morgan fingerprint density at radius 1 is 1.10 bits per heavy atom. The van der Waals surface area contributed by atoms with Crippen LogP contribution in [0.1, 0.15) is 30.9 Å². The molecular formula is C30H37N8O2P. The van der Waals surface area contributed by atoms with Gasteiger partial charge in [-0.25, -0.2) is 4.98 Å². The van der Waals surface area contributed by atoms with Gasteiger partial charge >= 0.3 is 0 Å². The number of hydrogen-bond acceptors (Lipinski definition) is 10. The molecule has 0 unspecified atom stereocenters. The van der Waals surface area contributed by atoms with Gasteiger partial charge in [-0.15, -0.1) is 0 Å². The van der Waals surface area contributed by atoms with Crippen LogP contribution in [0.25, 0.3) is 16.6 Å². The monoisotopic (exact) mass is 572 g/mol. The molecule has 4 N–H and O–H groups in total. The molecule has 3 heterocycles. The Labute approximate surface area is 240 Å². The fourth-order valence-electron chi connectivity index (χ4n) is 5.19. The molecule has 2 aromatic heterocycles. The normalized spacial score (nSPS) is 14.2. The predicted octanol–water partition coefficient (Wildman–Crippen LogP) is 5.43. The maximum Gasteiger partial charge on any atom is 0.229 e. The topological polar surface area (TPSA) is 131 Å². The number of anilines is 5. The van der Waals surface area contributed by atoms with Crippen molar-refractivity contribution in [2.24, 2.45) is 5.73 Å². The van der Waals surface area contributed by atoms with Gasteiger partial charge in [0.15, 0.2) is 0 Å². The smallest absolute Gasteiger partial charge is 0.229 e. The zero-order valence-electron chi connectivity index (χ0n) is 24.2. The summed E-state index contributed by atoms with van der Waals surface area (Å²) < 4.78 is 19.2. The maximum atomic E-state index is 13.4. The number of ether oxygens (including phenoxy) is 1. The molecule has 1 saturated heterocycles. The van der Waals surface area contributed by atoms with Gasteiger partial charge in [0.1, 0.15) is 24.2 Å². The molecule has 11 heteroatoms. The average molecular weight is 573 g/mol. The van der Waals surface area contributed by atoms with Crippen LogP contribution in [0, 0.1) is 6.92 Å². The number of fused-ring (bicyclic) bond motifs is 1. The van der Waals surface area contributed by atoms with Crippen molar-refractivity contribution in [3.8, 4) is 5.75 Å². The molecule has 0 saturated carbocycles. The molecule has 4 aromatic rings. The summed E-state index contributed by atoms with van der Waals surface area (Å²) in [6, 6.07) is 8.09. The first-order valence-corrected chi connectivity index (χ1v) is 16.2. The van der Waals surface area contributed by atoms with Crippen molar-refractivity contribution < 1.29 is 9.30 Å². The van der Waals surface area contributed by atoms with Gasteiger partial charge < -0.3 is 30.6 Å². The Kier molecular flexibility index (Phi) is 7.98. The van der Waals surface area contributed by atoms with Crippen LogP contribution in [-0.2, 0) is 4.57 Å². The van der Waals surface area contributed by atoms with E-state index in [9.17, 15) is 4.57 Å². The maximum absolute atomic E-state index is 13.4. The molecule has 5 rings (SSSR count). The predicted molar refractivity (Wildman–Crippen MR) is 169 cm³/mol. The number of rotatable bonds is 8. The third-order valence-electron chi connectivity index (χ3n) is 7.30. The highest BCUT2D eigenvalue weighted by atomic mass is 31.2. The van der Waals surface area contributed by atoms with E-state index in [-0.39, 0.29) is 6.04 Å². The van der Waals surface area contributed by atoms with Crippen LogP contribution in [0.15, 0.2) is 49.4 Å². The van der Waals surface area contributed by atoms with Gasteiger partial charge in [0.2, 0.25) is 5.95 Å². The van der Waals surface area contributed by atoms with Crippen LogP contribution in [-0.4, -0.2) is 59.5 Å². The Hall–Kier alpha value is -4.01. The van der Waals surface area contributed by atoms with Crippen molar-refractivity contribution in [2.45, 2.75) is 32.7 Å². The minimum absolute atomic E-state index is 0.261. The molecule has 214 valence electrons. The van der Waals surface area contributed by atoms with Gasteiger partial charge in [-0.05, 0) is 69.4 Å². The third kappa shape index (κ3) is 6.04. The van der Waals surface area contributed by atoms with E-state index in [1.807, 2.05) is 19.1 Å². The van der Waals surface area contributed by atoms with Crippen LogP contribution < -0.4 is 31.3 Å². The highest BCUT2D eigenvalue weighted by Crippen LogP contribution is 2.41. The van der Waals surface area contributed by atoms with E-state index >= 15 is 0 Å². The molecule has 0 radical (unpaired) electrons. The second kappa shape index (κ2) is 11.5. The van der Waals surface area contributed by atoms with Gasteiger partial charge in [0.05, 0.1) is 29.3 Å². The van der Waals surface area contributed by atoms with E-state index in [0.29, 0.717) is 39.5 Å². The molecule has 1 aliphatic rings. The van der Waals surface area contributed by atoms with Gasteiger partial charge in [-0.3, -0.25) is 9.97 Å². The molecule has 0 aliphatic carbocycles. The highest BCUT2D eigenvalue weighted by Gasteiger charge is 2.23. The standard InChI is InChI=1S/C30H37N8O2P/c1-18(2)21-17-34-30(36-24-15-19(3)25(16-26(24)40-4)38-13-9-20(31)10-14-38)37-29(21)35-23-8-7-22-27(33-12-11-32-22)28(23)41(5,6)39/h7-8,11-12,15-17,20H,1,9-10,13-14,31H2,2-6H3,(H2,34,35,36,37). The number of piperidine rings is 1. The third-order valence-corrected chi connectivity index (χ3v) is 8.83. The molecule has 41 heavy (non-hydrogen) atoms. The van der Waals surface area contributed by atoms with Crippen LogP contribution in [0.5, 0.6) is 5.75 Å². The molecule has 1 aliphatic heterocycles. The number of allylic oxidation sites excluding steroid dienone is 1. The van der Waals surface area contributed by atoms with Crippen LogP contribution >= 0.6 is 7.14 Å². The van der Waals surface area contributed by atoms with Gasteiger partial charge in [-0.2, -0.15) is 4.98 Å². The van der Waals surface area contributed by atoms with Gasteiger partial charge in [-0.1, -0.05) is 6.58 Å². The summed E-state index contributed by atoms with van der Waals surface area (Å²) in [6.45, 7) is 13.4. The van der Waals surface area contributed by atoms with Gasteiger partial charge in [0, 0.05) is 55.0 Å². The van der Waals surface area contributed by atoms with Crippen molar-refractivity contribution in [3.63, 3.8) is 0 Å². The van der Waals surface area contributed by atoms with E-state index in [2.05, 4.69) is 56.1 Å². The Morgan fingerprint density at radius 3 is 2.51 bits per heavy atom. The van der Waals surface area contributed by atoms with Crippen molar-refractivity contribution in [1.82, 2.24) is 19.9 Å². The van der Waals surface area contributed by atoms with Crippen LogP contribution in [0.4, 0.5) is 28.8 Å². The highest BCUT2D eigenvalue weighted by molar-refractivity contribution is 7.71. The summed E-state index contributed by atoms with van der Waals surface area (Å²) in [7, 11) is -1.10. The summed E-state index contributed by atoms with van der Waals surface area (Å²) in [4.78, 5) is 20.6. The SMILES string of the molecule is C=C(C)c1cnc(Nc2cc(C)c(N3CCC(N)CC3)cc2OC)nc1Nc1ccc2nccnc2c1P(C)(C)=O. The lowest BCUT2D eigenvalue weighted by Crippen LogP contribution is -2.40. The second-order valence-electron chi connectivity index (χ2n) is 10.9. The minimum Gasteiger partial charge on any atom is -0.494 e. The summed E-state index contributed by atoms with van der Waals surface area (Å²) in [5.41, 5.74) is 12.6. The lowest BCUT2D eigenvalue weighted by Gasteiger charge is -2.33. The number of aromatic nitrogens is 4. The average Bonchev–Trinajstić information content (AvgIpc) is 2.93. The molecule has 1 fully saturated rings. The summed E-state index contributed by atoms with van der Waals surface area (Å²) in [6.07, 6.45) is 6.90. The first-order valence-electron chi connectivity index (χ1n) is 13.6. The summed E-state index contributed by atoms with van der Waals surface area (Å²) >= 11 is 0. The Bertz CT molecular complexity index is 1660. The number of hydrogen-bond donors (Lipinski definition) is 3. The fraction of sp³-hybridized carbons (Fsp3) is 0.333. The molecule has 10 nitrogen and oxygen atoms in total. The molecule has 0 amide bonds. The lowest BCUT2D eigenvalue weighted by molar-refractivity contribution is 0.416. The lowest BCUT2D eigenvalue weighted by atomic mass is 10.0. The van der Waals surface area contributed by atoms with E-state index in [1.165, 1.54) is 0 Å². The van der Waals surface area contributed by atoms with Crippen molar-refractivity contribution in [1.29, 1.82) is 0 Å². The first-order chi connectivity index (χ1) is 19.5. The molecule has 0 spiro atoms. The van der Waals surface area contributed by atoms with E-state index < -0.39 is 7.14 Å². The molecular weight excluding hydrogens is 535 g/mol. The zero-order chi connectivity index (χ0) is 29.3. The Morgan fingerprint density at radius 2 is 1.83 bits per heavy atom. The number of aryl methyl sites for hydroxylation is 1. The Balaban J connectivity index is 1.51. The zero-order valence-corrected chi connectivity index (χ0v) is 25.1. The fourth-order valence-corrected chi connectivity index (χ4v) is 6.58. The van der Waals surface area contributed by atoms with E-state index in [0.717, 1.165) is 54.0 Å². The largest absolute Gasteiger partial charge is 0.494 e. The second-order valence-corrected chi connectivity index (χ2v) is 14.0.